The Hall–Kier alpha value is -2.31. The summed E-state index contributed by atoms with van der Waals surface area (Å²) in [6.45, 7) is 0.629. The van der Waals surface area contributed by atoms with Crippen LogP contribution in [0.2, 0.25) is 0 Å². The van der Waals surface area contributed by atoms with E-state index >= 15 is 0 Å². The third-order valence-electron chi connectivity index (χ3n) is 2.71. The van der Waals surface area contributed by atoms with E-state index in [9.17, 15) is 5.11 Å². The lowest BCUT2D eigenvalue weighted by molar-refractivity contribution is -0.122. The highest BCUT2D eigenvalue weighted by atomic mass is 16.3. The van der Waals surface area contributed by atoms with Crippen molar-refractivity contribution >= 4 is 6.47 Å². The third-order valence-corrected chi connectivity index (χ3v) is 2.71. The van der Waals surface area contributed by atoms with Gasteiger partial charge in [-0.3, -0.25) is 4.79 Å². The molecular weight excluding hydrogens is 270 g/mol. The van der Waals surface area contributed by atoms with Crippen LogP contribution in [-0.4, -0.2) is 45.6 Å². The average Bonchev–Trinajstić information content (AvgIpc) is 2.48. The van der Waals surface area contributed by atoms with E-state index in [-0.39, 0.29) is 13.1 Å². The van der Waals surface area contributed by atoms with Crippen LogP contribution in [-0.2, 0) is 17.9 Å². The zero-order valence-corrected chi connectivity index (χ0v) is 12.1. The van der Waals surface area contributed by atoms with Crippen molar-refractivity contribution in [1.29, 1.82) is 0 Å². The Morgan fingerprint density at radius 1 is 1.24 bits per heavy atom. The minimum Gasteiger partial charge on any atom is -0.483 e. The third kappa shape index (κ3) is 5.29. The van der Waals surface area contributed by atoms with Crippen LogP contribution >= 0.6 is 0 Å². The molecular formula is C15H19N3O3. The van der Waals surface area contributed by atoms with E-state index in [0.29, 0.717) is 0 Å². The molecule has 0 aliphatic carbocycles. The molecule has 2 rings (SSSR count). The predicted molar refractivity (Wildman–Crippen MR) is 79.5 cm³/mol. The highest BCUT2D eigenvalue weighted by Gasteiger charge is 2.06. The fourth-order valence-electron chi connectivity index (χ4n) is 1.96. The summed E-state index contributed by atoms with van der Waals surface area (Å²) in [5.41, 5.74) is 4.01. The van der Waals surface area contributed by atoms with Crippen molar-refractivity contribution < 1.29 is 15.0 Å². The van der Waals surface area contributed by atoms with E-state index in [1.807, 2.05) is 26.2 Å². The molecule has 6 nitrogen and oxygen atoms in total. The summed E-state index contributed by atoms with van der Waals surface area (Å²) in [4.78, 5) is 18.5. The predicted octanol–water partition coefficient (Wildman–Crippen LogP) is 1.40. The summed E-state index contributed by atoms with van der Waals surface area (Å²) in [6, 6.07) is 6.12. The molecule has 0 saturated carbocycles. The molecule has 2 N–H and O–H groups in total. The van der Waals surface area contributed by atoms with Crippen LogP contribution in [0, 0.1) is 0 Å². The molecule has 21 heavy (non-hydrogen) atoms. The van der Waals surface area contributed by atoms with Gasteiger partial charge in [-0.1, -0.05) is 18.2 Å². The first-order chi connectivity index (χ1) is 10.1. The molecule has 0 saturated heterocycles. The van der Waals surface area contributed by atoms with Gasteiger partial charge >= 0.3 is 0 Å². The molecule has 0 aliphatic rings. The molecule has 2 aromatic rings. The van der Waals surface area contributed by atoms with E-state index in [1.165, 1.54) is 11.9 Å². The number of aromatic nitrogens is 2. The van der Waals surface area contributed by atoms with Gasteiger partial charge in [0.15, 0.2) is 0 Å². The van der Waals surface area contributed by atoms with Gasteiger partial charge in [0, 0.05) is 24.5 Å². The van der Waals surface area contributed by atoms with Crippen LogP contribution in [0.1, 0.15) is 11.1 Å². The fourth-order valence-corrected chi connectivity index (χ4v) is 1.96. The average molecular weight is 289 g/mol. The summed E-state index contributed by atoms with van der Waals surface area (Å²) in [5, 5.41) is 16.4. The Labute approximate surface area is 123 Å². The lowest BCUT2D eigenvalue weighted by Crippen LogP contribution is -2.11. The topological polar surface area (TPSA) is 86.5 Å². The van der Waals surface area contributed by atoms with Gasteiger partial charge in [0.1, 0.15) is 6.33 Å². The second-order valence-corrected chi connectivity index (χ2v) is 4.62. The Morgan fingerprint density at radius 3 is 2.38 bits per heavy atom. The Balaban J connectivity index is 0.000000677. The molecule has 1 aromatic heterocycles. The second kappa shape index (κ2) is 8.78. The van der Waals surface area contributed by atoms with Crippen molar-refractivity contribution in [2.75, 3.05) is 14.1 Å². The maximum atomic E-state index is 9.48. The molecule has 0 unspecified atom stereocenters. The number of rotatable bonds is 4. The van der Waals surface area contributed by atoms with Crippen molar-refractivity contribution in [2.24, 2.45) is 0 Å². The number of nitrogens with zero attached hydrogens (tertiary/aromatic N) is 3. The van der Waals surface area contributed by atoms with E-state index in [2.05, 4.69) is 20.9 Å². The largest absolute Gasteiger partial charge is 0.483 e. The molecule has 0 aliphatic heterocycles. The summed E-state index contributed by atoms with van der Waals surface area (Å²) in [6.07, 6.45) is 5.02. The molecule has 1 heterocycles. The van der Waals surface area contributed by atoms with Gasteiger partial charge in [-0.2, -0.15) is 0 Å². The van der Waals surface area contributed by atoms with Crippen LogP contribution in [0.25, 0.3) is 11.1 Å². The SMILES string of the molecule is CN(C)Cc1ccc(-c2cncnc2)c(CO)c1.O=CO. The van der Waals surface area contributed by atoms with Crippen molar-refractivity contribution in [2.45, 2.75) is 13.2 Å². The lowest BCUT2D eigenvalue weighted by Gasteiger charge is -2.13. The zero-order valence-electron chi connectivity index (χ0n) is 12.1. The van der Waals surface area contributed by atoms with Crippen LogP contribution in [0.3, 0.4) is 0 Å². The summed E-state index contributed by atoms with van der Waals surface area (Å²) < 4.78 is 0. The highest BCUT2D eigenvalue weighted by Crippen LogP contribution is 2.24. The first-order valence-corrected chi connectivity index (χ1v) is 6.33. The van der Waals surface area contributed by atoms with Crippen molar-refractivity contribution in [3.8, 4) is 11.1 Å². The fraction of sp³-hybridized carbons (Fsp3) is 0.267. The van der Waals surface area contributed by atoms with E-state index in [0.717, 1.165) is 23.2 Å². The number of carboxylic acid groups (broad SMARTS) is 1. The number of aliphatic hydroxyl groups excluding tert-OH is 1. The lowest BCUT2D eigenvalue weighted by atomic mass is 10.00. The van der Waals surface area contributed by atoms with Gasteiger partial charge in [-0.05, 0) is 30.8 Å². The minimum absolute atomic E-state index is 0.0193. The Bertz CT molecular complexity index is 559. The van der Waals surface area contributed by atoms with Crippen molar-refractivity contribution in [1.82, 2.24) is 14.9 Å². The summed E-state index contributed by atoms with van der Waals surface area (Å²) in [5.74, 6) is 0. The van der Waals surface area contributed by atoms with Crippen LogP contribution in [0.4, 0.5) is 0 Å². The van der Waals surface area contributed by atoms with Gasteiger partial charge in [0.2, 0.25) is 0 Å². The van der Waals surface area contributed by atoms with Crippen LogP contribution in [0.15, 0.2) is 36.9 Å². The van der Waals surface area contributed by atoms with Crippen LogP contribution < -0.4 is 0 Å². The Kier molecular flexibility index (Phi) is 7.00. The number of aliphatic hydroxyl groups is 1. The van der Waals surface area contributed by atoms with Gasteiger partial charge in [-0.25, -0.2) is 9.97 Å². The zero-order chi connectivity index (χ0) is 15.7. The molecule has 0 radical (unpaired) electrons. The minimum atomic E-state index is -0.250. The molecule has 0 bridgehead atoms. The molecule has 0 fully saturated rings. The number of benzene rings is 1. The Morgan fingerprint density at radius 2 is 1.86 bits per heavy atom. The van der Waals surface area contributed by atoms with E-state index in [4.69, 9.17) is 9.90 Å². The van der Waals surface area contributed by atoms with Crippen molar-refractivity contribution in [3.05, 3.63) is 48.0 Å². The number of carbonyl (C=O) groups is 1. The second-order valence-electron chi connectivity index (χ2n) is 4.62. The molecule has 0 spiro atoms. The van der Waals surface area contributed by atoms with E-state index < -0.39 is 0 Å². The van der Waals surface area contributed by atoms with Crippen molar-refractivity contribution in [3.63, 3.8) is 0 Å². The smallest absolute Gasteiger partial charge is 0.290 e. The number of hydrogen-bond donors (Lipinski definition) is 2. The van der Waals surface area contributed by atoms with Gasteiger partial charge in [0.25, 0.3) is 6.47 Å². The molecule has 0 amide bonds. The molecule has 1 aromatic carbocycles. The first kappa shape index (κ1) is 16.7. The van der Waals surface area contributed by atoms with E-state index in [1.54, 1.807) is 12.4 Å². The van der Waals surface area contributed by atoms with Gasteiger partial charge < -0.3 is 15.1 Å². The quantitative estimate of drug-likeness (QED) is 0.827. The standard InChI is InChI=1S/C14H17N3O.CH2O2/c1-17(2)8-11-3-4-14(12(5-11)9-18)13-6-15-10-16-7-13;2-1-3/h3-7,10,18H,8-9H2,1-2H3;1H,(H,2,3). The molecule has 0 atom stereocenters. The molecule has 6 heteroatoms. The number of hydrogen-bond acceptors (Lipinski definition) is 5. The summed E-state index contributed by atoms with van der Waals surface area (Å²) >= 11 is 0. The maximum Gasteiger partial charge on any atom is 0.290 e. The normalized spacial score (nSPS) is 9.90. The van der Waals surface area contributed by atoms with Gasteiger partial charge in [0.05, 0.1) is 6.61 Å². The molecule has 112 valence electrons. The highest BCUT2D eigenvalue weighted by molar-refractivity contribution is 5.66. The first-order valence-electron chi connectivity index (χ1n) is 6.33. The van der Waals surface area contributed by atoms with Crippen LogP contribution in [0.5, 0.6) is 0 Å². The van der Waals surface area contributed by atoms with Gasteiger partial charge in [-0.15, -0.1) is 0 Å². The monoisotopic (exact) mass is 289 g/mol. The summed E-state index contributed by atoms with van der Waals surface area (Å²) in [7, 11) is 4.05. The maximum absolute atomic E-state index is 9.48.